The maximum Gasteiger partial charge on any atom is 0.293 e. The first-order chi connectivity index (χ1) is 9.47. The summed E-state index contributed by atoms with van der Waals surface area (Å²) in [5.74, 6) is 0.528. The number of nitrogens with one attached hydrogen (secondary N) is 1. The Balaban J connectivity index is 2.05. The number of nitrogens with zero attached hydrogens (tertiary/aromatic N) is 2. The monoisotopic (exact) mass is 317 g/mol. The molecule has 7 heteroatoms. The third-order valence-electron chi connectivity index (χ3n) is 3.65. The van der Waals surface area contributed by atoms with Gasteiger partial charge in [0.1, 0.15) is 5.69 Å². The molecule has 0 spiro atoms. The predicted octanol–water partition coefficient (Wildman–Crippen LogP) is 3.66. The number of anilines is 1. The third kappa shape index (κ3) is 3.75. The van der Waals surface area contributed by atoms with E-state index in [1.807, 2.05) is 0 Å². The molecule has 1 saturated heterocycles. The molecule has 0 aliphatic carbocycles. The zero-order chi connectivity index (χ0) is 14.7. The number of rotatable bonds is 4. The molecule has 110 valence electrons. The lowest BCUT2D eigenvalue weighted by atomic mass is 9.97. The van der Waals surface area contributed by atoms with Crippen LogP contribution in [0.2, 0.25) is 10.0 Å². The molecule has 1 aromatic carbocycles. The molecule has 1 aromatic rings. The number of nitro benzene ring substituents is 1. The highest BCUT2D eigenvalue weighted by Crippen LogP contribution is 2.34. The highest BCUT2D eigenvalue weighted by molar-refractivity contribution is 6.42. The van der Waals surface area contributed by atoms with Crippen molar-refractivity contribution >= 4 is 34.6 Å². The van der Waals surface area contributed by atoms with E-state index >= 15 is 0 Å². The van der Waals surface area contributed by atoms with Gasteiger partial charge in [0.2, 0.25) is 0 Å². The van der Waals surface area contributed by atoms with Gasteiger partial charge in [0.15, 0.2) is 0 Å². The number of hydrogen-bond donors (Lipinski definition) is 1. The molecule has 0 unspecified atom stereocenters. The Labute approximate surface area is 128 Å². The lowest BCUT2D eigenvalue weighted by Crippen LogP contribution is -2.33. The van der Waals surface area contributed by atoms with Crippen LogP contribution in [0.25, 0.3) is 0 Å². The fourth-order valence-corrected chi connectivity index (χ4v) is 2.67. The average Bonchev–Trinajstić information content (AvgIpc) is 2.41. The minimum atomic E-state index is -0.445. The standard InChI is InChI=1S/C13H17Cl2N3O2/c1-17-4-2-9(3-5-17)8-16-12-6-10(14)11(15)7-13(12)18(19)20/h6-7,9,16H,2-5,8H2,1H3. The minimum absolute atomic E-state index is 0.0349. The van der Waals surface area contributed by atoms with Crippen LogP contribution in [-0.2, 0) is 0 Å². The van der Waals surface area contributed by atoms with Crippen LogP contribution in [0.4, 0.5) is 11.4 Å². The van der Waals surface area contributed by atoms with Gasteiger partial charge >= 0.3 is 0 Å². The third-order valence-corrected chi connectivity index (χ3v) is 4.38. The molecule has 5 nitrogen and oxygen atoms in total. The fraction of sp³-hybridized carbons (Fsp3) is 0.538. The van der Waals surface area contributed by atoms with Gasteiger partial charge in [0.05, 0.1) is 15.0 Å². The van der Waals surface area contributed by atoms with Gasteiger partial charge in [-0.15, -0.1) is 0 Å². The van der Waals surface area contributed by atoms with Crippen molar-refractivity contribution in [3.63, 3.8) is 0 Å². The Hall–Kier alpha value is -1.04. The highest BCUT2D eigenvalue weighted by Gasteiger charge is 2.20. The van der Waals surface area contributed by atoms with Crippen LogP contribution < -0.4 is 5.32 Å². The van der Waals surface area contributed by atoms with E-state index < -0.39 is 4.92 Å². The van der Waals surface area contributed by atoms with E-state index in [1.165, 1.54) is 12.1 Å². The van der Waals surface area contributed by atoms with Crippen LogP contribution >= 0.6 is 23.2 Å². The lowest BCUT2D eigenvalue weighted by Gasteiger charge is -2.29. The summed E-state index contributed by atoms with van der Waals surface area (Å²) in [6.07, 6.45) is 2.19. The predicted molar refractivity (Wildman–Crippen MR) is 81.8 cm³/mol. The molecule has 1 aliphatic heterocycles. The SMILES string of the molecule is CN1CCC(CNc2cc(Cl)c(Cl)cc2[N+](=O)[O-])CC1. The van der Waals surface area contributed by atoms with Crippen molar-refractivity contribution in [2.45, 2.75) is 12.8 Å². The molecule has 2 rings (SSSR count). The summed E-state index contributed by atoms with van der Waals surface area (Å²) in [6.45, 7) is 2.85. The van der Waals surface area contributed by atoms with Gasteiger partial charge in [0, 0.05) is 12.6 Å². The molecular weight excluding hydrogens is 301 g/mol. The molecule has 0 bridgehead atoms. The normalized spacial score (nSPS) is 17.1. The number of hydrogen-bond acceptors (Lipinski definition) is 4. The number of likely N-dealkylation sites (tertiary alicyclic amines) is 1. The quantitative estimate of drug-likeness (QED) is 0.680. The first kappa shape index (κ1) is 15.4. The van der Waals surface area contributed by atoms with Gasteiger partial charge in [-0.3, -0.25) is 10.1 Å². The van der Waals surface area contributed by atoms with Crippen molar-refractivity contribution in [2.75, 3.05) is 32.0 Å². The summed E-state index contributed by atoms with van der Waals surface area (Å²) in [5.41, 5.74) is 0.399. The van der Waals surface area contributed by atoms with Gasteiger partial charge in [-0.1, -0.05) is 23.2 Å². The van der Waals surface area contributed by atoms with Crippen molar-refractivity contribution < 1.29 is 4.92 Å². The van der Waals surface area contributed by atoms with Crippen LogP contribution in [0.5, 0.6) is 0 Å². The first-order valence-electron chi connectivity index (χ1n) is 6.53. The smallest absolute Gasteiger partial charge is 0.293 e. The highest BCUT2D eigenvalue weighted by atomic mass is 35.5. The van der Waals surface area contributed by atoms with Crippen LogP contribution in [0, 0.1) is 16.0 Å². The van der Waals surface area contributed by atoms with E-state index in [2.05, 4.69) is 17.3 Å². The van der Waals surface area contributed by atoms with Crippen molar-refractivity contribution in [1.82, 2.24) is 4.90 Å². The van der Waals surface area contributed by atoms with E-state index in [0.717, 1.165) is 25.9 Å². The topological polar surface area (TPSA) is 58.4 Å². The molecule has 20 heavy (non-hydrogen) atoms. The molecular formula is C13H17Cl2N3O2. The summed E-state index contributed by atoms with van der Waals surface area (Å²) < 4.78 is 0. The van der Waals surface area contributed by atoms with Gasteiger partial charge < -0.3 is 10.2 Å². The van der Waals surface area contributed by atoms with Crippen LogP contribution in [-0.4, -0.2) is 36.5 Å². The number of piperidine rings is 1. The Morgan fingerprint density at radius 3 is 2.55 bits per heavy atom. The molecule has 0 atom stereocenters. The second-order valence-electron chi connectivity index (χ2n) is 5.17. The maximum atomic E-state index is 11.0. The summed E-state index contributed by atoms with van der Waals surface area (Å²) in [6, 6.07) is 2.82. The van der Waals surface area contributed by atoms with E-state index in [4.69, 9.17) is 23.2 Å². The van der Waals surface area contributed by atoms with E-state index in [1.54, 1.807) is 0 Å². The van der Waals surface area contributed by atoms with Crippen LogP contribution in [0.15, 0.2) is 12.1 Å². The van der Waals surface area contributed by atoms with Gasteiger partial charge in [-0.05, 0) is 45.0 Å². The summed E-state index contributed by atoms with van der Waals surface area (Å²) in [5, 5.41) is 14.7. The number of benzene rings is 1. The largest absolute Gasteiger partial charge is 0.379 e. The molecule has 0 radical (unpaired) electrons. The Kier molecular flexibility index (Phi) is 5.07. The van der Waals surface area contributed by atoms with Gasteiger partial charge in [-0.2, -0.15) is 0 Å². The zero-order valence-electron chi connectivity index (χ0n) is 11.2. The van der Waals surface area contributed by atoms with Gasteiger partial charge in [-0.25, -0.2) is 0 Å². The Bertz CT molecular complexity index is 503. The molecule has 1 fully saturated rings. The summed E-state index contributed by atoms with van der Waals surface area (Å²) in [7, 11) is 2.10. The summed E-state index contributed by atoms with van der Waals surface area (Å²) in [4.78, 5) is 12.9. The zero-order valence-corrected chi connectivity index (χ0v) is 12.7. The lowest BCUT2D eigenvalue weighted by molar-refractivity contribution is -0.383. The number of halogens is 2. The van der Waals surface area contributed by atoms with Crippen molar-refractivity contribution in [2.24, 2.45) is 5.92 Å². The van der Waals surface area contributed by atoms with Crippen molar-refractivity contribution in [1.29, 1.82) is 0 Å². The second-order valence-corrected chi connectivity index (χ2v) is 5.98. The van der Waals surface area contributed by atoms with E-state index in [0.29, 0.717) is 23.2 Å². The Morgan fingerprint density at radius 1 is 1.35 bits per heavy atom. The van der Waals surface area contributed by atoms with Gasteiger partial charge in [0.25, 0.3) is 5.69 Å². The fourth-order valence-electron chi connectivity index (χ4n) is 2.35. The molecule has 0 amide bonds. The number of nitro groups is 1. The van der Waals surface area contributed by atoms with Crippen molar-refractivity contribution in [3.05, 3.63) is 32.3 Å². The molecule has 0 saturated carbocycles. The van der Waals surface area contributed by atoms with E-state index in [9.17, 15) is 10.1 Å². The minimum Gasteiger partial charge on any atom is -0.379 e. The average molecular weight is 318 g/mol. The first-order valence-corrected chi connectivity index (χ1v) is 7.29. The van der Waals surface area contributed by atoms with Crippen LogP contribution in [0.3, 0.4) is 0 Å². The summed E-state index contributed by atoms with van der Waals surface area (Å²) >= 11 is 11.8. The Morgan fingerprint density at radius 2 is 1.95 bits per heavy atom. The molecule has 0 aromatic heterocycles. The maximum absolute atomic E-state index is 11.0. The molecule has 1 N–H and O–H groups in total. The second kappa shape index (κ2) is 6.61. The van der Waals surface area contributed by atoms with Crippen molar-refractivity contribution in [3.8, 4) is 0 Å². The van der Waals surface area contributed by atoms with E-state index in [-0.39, 0.29) is 10.7 Å². The molecule has 1 heterocycles. The molecule has 1 aliphatic rings. The van der Waals surface area contributed by atoms with Crippen LogP contribution in [0.1, 0.15) is 12.8 Å².